The molecule has 0 bridgehead atoms. The number of hydrogen-bond donors (Lipinski definition) is 2. The molecule has 0 aromatic heterocycles. The molecule has 1 aromatic carbocycles. The zero-order chi connectivity index (χ0) is 15.1. The molecule has 1 rings (SSSR count). The Hall–Kier alpha value is -1.31. The number of aromatic hydroxyl groups is 1. The number of carbonyl (C=O) groups excluding carboxylic acids is 2. The van der Waals surface area contributed by atoms with Crippen LogP contribution in [0.2, 0.25) is 0 Å². The van der Waals surface area contributed by atoms with E-state index in [9.17, 15) is 14.7 Å². The van der Waals surface area contributed by atoms with Crippen LogP contribution in [0.25, 0.3) is 0 Å². The quantitative estimate of drug-likeness (QED) is 0.730. The molecular weight excluding hydrogens is 371 g/mol. The van der Waals surface area contributed by atoms with Gasteiger partial charge in [-0.15, -0.1) is 0 Å². The van der Waals surface area contributed by atoms with Gasteiger partial charge in [0, 0.05) is 31.6 Å². The molecule has 5 nitrogen and oxygen atoms in total. The average Bonchev–Trinajstić information content (AvgIpc) is 2.43. The fourth-order valence-electron chi connectivity index (χ4n) is 1.77. The molecule has 0 fully saturated rings. The van der Waals surface area contributed by atoms with Crippen LogP contribution < -0.4 is 5.32 Å². The Bertz CT molecular complexity index is 487. The molecule has 0 heterocycles. The first kappa shape index (κ1) is 16.7. The predicted octanol–water partition coefficient (Wildman–Crippen LogP) is 1.99. The summed E-state index contributed by atoms with van der Waals surface area (Å²) in [7, 11) is 0. The van der Waals surface area contributed by atoms with Crippen LogP contribution in [0.3, 0.4) is 0 Å². The van der Waals surface area contributed by atoms with E-state index in [1.165, 1.54) is 6.07 Å². The van der Waals surface area contributed by atoms with Gasteiger partial charge in [0.25, 0.3) is 5.91 Å². The smallest absolute Gasteiger partial charge is 0.251 e. The van der Waals surface area contributed by atoms with Crippen LogP contribution in [0.1, 0.15) is 30.6 Å². The van der Waals surface area contributed by atoms with E-state index in [0.29, 0.717) is 28.8 Å². The molecule has 1 aromatic rings. The summed E-state index contributed by atoms with van der Waals surface area (Å²) >= 11 is 1.99. The highest BCUT2D eigenvalue weighted by Gasteiger charge is 2.11. The lowest BCUT2D eigenvalue weighted by atomic mass is 10.2. The van der Waals surface area contributed by atoms with E-state index in [0.717, 1.165) is 0 Å². The van der Waals surface area contributed by atoms with E-state index in [4.69, 9.17) is 0 Å². The van der Waals surface area contributed by atoms with Crippen molar-refractivity contribution in [2.75, 3.05) is 19.6 Å². The molecule has 0 spiro atoms. The van der Waals surface area contributed by atoms with Gasteiger partial charge in [0.15, 0.2) is 0 Å². The summed E-state index contributed by atoms with van der Waals surface area (Å²) in [4.78, 5) is 25.3. The molecule has 0 unspecified atom stereocenters. The second kappa shape index (κ2) is 8.08. The number of phenols is 1. The second-order valence-electron chi connectivity index (χ2n) is 4.24. The molecule has 6 heteroatoms. The Labute approximate surface area is 132 Å². The number of phenolic OH excluding ortho intramolecular Hbond substituents is 1. The molecule has 0 aliphatic rings. The largest absolute Gasteiger partial charge is 0.507 e. The van der Waals surface area contributed by atoms with Crippen molar-refractivity contribution in [2.24, 2.45) is 0 Å². The molecule has 0 radical (unpaired) electrons. The first-order valence-corrected chi connectivity index (χ1v) is 7.62. The highest BCUT2D eigenvalue weighted by molar-refractivity contribution is 14.1. The van der Waals surface area contributed by atoms with Gasteiger partial charge >= 0.3 is 0 Å². The van der Waals surface area contributed by atoms with E-state index in [2.05, 4.69) is 5.32 Å². The molecule has 0 aliphatic carbocycles. The summed E-state index contributed by atoms with van der Waals surface area (Å²) in [5.41, 5.74) is 0.387. The van der Waals surface area contributed by atoms with Gasteiger partial charge in [-0.25, -0.2) is 0 Å². The second-order valence-corrected chi connectivity index (χ2v) is 5.40. The van der Waals surface area contributed by atoms with Gasteiger partial charge < -0.3 is 15.3 Å². The van der Waals surface area contributed by atoms with Crippen LogP contribution in [-0.4, -0.2) is 41.5 Å². The number of rotatable bonds is 6. The van der Waals surface area contributed by atoms with Crippen molar-refractivity contribution in [1.29, 1.82) is 0 Å². The molecule has 0 atom stereocenters. The van der Waals surface area contributed by atoms with E-state index < -0.39 is 0 Å². The van der Waals surface area contributed by atoms with Gasteiger partial charge in [-0.1, -0.05) is 0 Å². The summed E-state index contributed by atoms with van der Waals surface area (Å²) < 4.78 is 0.691. The first-order valence-electron chi connectivity index (χ1n) is 6.54. The molecule has 0 saturated heterocycles. The number of nitrogens with zero attached hydrogens (tertiary/aromatic N) is 1. The Balaban J connectivity index is 2.47. The van der Waals surface area contributed by atoms with Crippen molar-refractivity contribution in [3.05, 3.63) is 27.3 Å². The number of amides is 2. The van der Waals surface area contributed by atoms with Crippen LogP contribution >= 0.6 is 22.6 Å². The summed E-state index contributed by atoms with van der Waals surface area (Å²) in [6.07, 6.45) is 0.282. The lowest BCUT2D eigenvalue weighted by Gasteiger charge is -2.18. The van der Waals surface area contributed by atoms with Crippen molar-refractivity contribution >= 4 is 34.4 Å². The summed E-state index contributed by atoms with van der Waals surface area (Å²) in [5.74, 6) is -0.178. The van der Waals surface area contributed by atoms with Crippen molar-refractivity contribution in [3.8, 4) is 5.75 Å². The number of halogens is 1. The SMILES string of the molecule is CCN(CC)C(=O)CCNC(=O)c1ccc(I)c(O)c1. The van der Waals surface area contributed by atoms with Gasteiger partial charge in [0.1, 0.15) is 5.75 Å². The van der Waals surface area contributed by atoms with Crippen LogP contribution in [0.15, 0.2) is 18.2 Å². The fraction of sp³-hybridized carbons (Fsp3) is 0.429. The van der Waals surface area contributed by atoms with Crippen molar-refractivity contribution in [2.45, 2.75) is 20.3 Å². The zero-order valence-electron chi connectivity index (χ0n) is 11.6. The van der Waals surface area contributed by atoms with Crippen molar-refractivity contribution in [1.82, 2.24) is 10.2 Å². The Morgan fingerprint density at radius 3 is 2.50 bits per heavy atom. The number of nitrogens with one attached hydrogen (secondary N) is 1. The zero-order valence-corrected chi connectivity index (χ0v) is 13.8. The molecule has 110 valence electrons. The van der Waals surface area contributed by atoms with E-state index in [1.807, 2.05) is 36.4 Å². The third-order valence-corrected chi connectivity index (χ3v) is 3.86. The number of carbonyl (C=O) groups is 2. The van der Waals surface area contributed by atoms with Crippen LogP contribution in [0, 0.1) is 3.57 Å². The van der Waals surface area contributed by atoms with Gasteiger partial charge in [0.05, 0.1) is 3.57 Å². The van der Waals surface area contributed by atoms with Gasteiger partial charge in [0.2, 0.25) is 5.91 Å². The van der Waals surface area contributed by atoms with Crippen LogP contribution in [0.5, 0.6) is 5.75 Å². The third kappa shape index (κ3) is 4.66. The normalized spacial score (nSPS) is 10.2. The fourth-order valence-corrected chi connectivity index (χ4v) is 2.11. The lowest BCUT2D eigenvalue weighted by Crippen LogP contribution is -2.34. The maximum Gasteiger partial charge on any atom is 0.251 e. The van der Waals surface area contributed by atoms with Gasteiger partial charge in [-0.3, -0.25) is 9.59 Å². The third-order valence-electron chi connectivity index (χ3n) is 2.95. The topological polar surface area (TPSA) is 69.6 Å². The van der Waals surface area contributed by atoms with E-state index in [-0.39, 0.29) is 24.0 Å². The molecule has 2 amide bonds. The summed E-state index contributed by atoms with van der Waals surface area (Å²) in [6, 6.07) is 4.73. The number of benzene rings is 1. The van der Waals surface area contributed by atoms with Gasteiger partial charge in [-0.05, 0) is 54.6 Å². The van der Waals surface area contributed by atoms with Crippen LogP contribution in [-0.2, 0) is 4.79 Å². The molecular formula is C14H19IN2O3. The minimum absolute atomic E-state index is 0.0285. The highest BCUT2D eigenvalue weighted by atomic mass is 127. The monoisotopic (exact) mass is 390 g/mol. The average molecular weight is 390 g/mol. The predicted molar refractivity (Wildman–Crippen MR) is 85.7 cm³/mol. The highest BCUT2D eigenvalue weighted by Crippen LogP contribution is 2.20. The van der Waals surface area contributed by atoms with Gasteiger partial charge in [-0.2, -0.15) is 0 Å². The number of hydrogen-bond acceptors (Lipinski definition) is 3. The maximum atomic E-state index is 11.8. The Morgan fingerprint density at radius 1 is 1.30 bits per heavy atom. The van der Waals surface area contributed by atoms with Crippen molar-refractivity contribution in [3.63, 3.8) is 0 Å². The van der Waals surface area contributed by atoms with E-state index >= 15 is 0 Å². The minimum Gasteiger partial charge on any atom is -0.507 e. The van der Waals surface area contributed by atoms with Crippen LogP contribution in [0.4, 0.5) is 0 Å². The van der Waals surface area contributed by atoms with E-state index in [1.54, 1.807) is 17.0 Å². The van der Waals surface area contributed by atoms with Crippen molar-refractivity contribution < 1.29 is 14.7 Å². The maximum absolute atomic E-state index is 11.8. The Kier molecular flexibility index (Phi) is 6.77. The molecule has 0 aliphatic heterocycles. The Morgan fingerprint density at radius 2 is 1.95 bits per heavy atom. The molecule has 2 N–H and O–H groups in total. The lowest BCUT2D eigenvalue weighted by molar-refractivity contribution is -0.130. The standard InChI is InChI=1S/C14H19IN2O3/c1-3-17(4-2)13(19)7-8-16-14(20)10-5-6-11(15)12(18)9-10/h5-6,9,18H,3-4,7-8H2,1-2H3,(H,16,20). The molecule has 0 saturated carbocycles. The summed E-state index contributed by atoms with van der Waals surface area (Å²) in [5, 5.41) is 12.2. The minimum atomic E-state index is -0.288. The molecule has 20 heavy (non-hydrogen) atoms. The summed E-state index contributed by atoms with van der Waals surface area (Å²) in [6.45, 7) is 5.49. The first-order chi connectivity index (χ1) is 9.49.